The molecule has 0 aliphatic carbocycles. The summed E-state index contributed by atoms with van der Waals surface area (Å²) in [5.74, 6) is 1.35. The third-order valence-electron chi connectivity index (χ3n) is 1.92. The first-order valence-corrected chi connectivity index (χ1v) is 4.34. The van der Waals surface area contributed by atoms with E-state index in [-0.39, 0.29) is 6.04 Å². The van der Waals surface area contributed by atoms with Crippen LogP contribution in [0.4, 0.5) is 0 Å². The van der Waals surface area contributed by atoms with Crippen molar-refractivity contribution in [2.75, 3.05) is 0 Å². The zero-order chi connectivity index (χ0) is 9.30. The lowest BCUT2D eigenvalue weighted by molar-refractivity contribution is 0.742. The Labute approximate surface area is 73.4 Å². The van der Waals surface area contributed by atoms with Gasteiger partial charge in [0.05, 0.1) is 11.7 Å². The highest BCUT2D eigenvalue weighted by atomic mass is 15.0. The fourth-order valence-electron chi connectivity index (χ4n) is 1.28. The minimum absolute atomic E-state index is 0.00352. The van der Waals surface area contributed by atoms with Crippen LogP contribution in [0, 0.1) is 6.92 Å². The number of nitrogens with one attached hydrogen (secondary N) is 1. The number of aromatic amines is 1. The van der Waals surface area contributed by atoms with Crippen LogP contribution in [0.5, 0.6) is 0 Å². The number of nitrogens with two attached hydrogens (primary N) is 1. The molecule has 0 aliphatic heterocycles. The van der Waals surface area contributed by atoms with Gasteiger partial charge in [0.2, 0.25) is 0 Å². The molecule has 0 fully saturated rings. The van der Waals surface area contributed by atoms with Crippen molar-refractivity contribution in [2.45, 2.75) is 39.7 Å². The predicted octanol–water partition coefficient (Wildman–Crippen LogP) is 1.86. The fourth-order valence-corrected chi connectivity index (χ4v) is 1.28. The molecule has 12 heavy (non-hydrogen) atoms. The molecule has 3 nitrogen and oxygen atoms in total. The van der Waals surface area contributed by atoms with Crippen LogP contribution in [0.2, 0.25) is 0 Å². The van der Waals surface area contributed by atoms with Gasteiger partial charge in [-0.2, -0.15) is 0 Å². The van der Waals surface area contributed by atoms with Crippen molar-refractivity contribution in [1.82, 2.24) is 9.97 Å². The summed E-state index contributed by atoms with van der Waals surface area (Å²) in [5.41, 5.74) is 7.97. The standard InChI is InChI=1S/C9H17N3/c1-5(2)8-7(4)11-9(12-8)6(3)10/h5-6H,10H2,1-4H3,(H,11,12). The van der Waals surface area contributed by atoms with Gasteiger partial charge in [-0.1, -0.05) is 13.8 Å². The summed E-state index contributed by atoms with van der Waals surface area (Å²) in [6.07, 6.45) is 0. The first-order valence-electron chi connectivity index (χ1n) is 4.34. The summed E-state index contributed by atoms with van der Waals surface area (Å²) in [4.78, 5) is 7.62. The number of nitrogens with zero attached hydrogens (tertiary/aromatic N) is 1. The Hall–Kier alpha value is -0.830. The number of aryl methyl sites for hydroxylation is 1. The molecule has 0 spiro atoms. The minimum Gasteiger partial charge on any atom is -0.345 e. The molecule has 0 aliphatic rings. The predicted molar refractivity (Wildman–Crippen MR) is 50.0 cm³/mol. The lowest BCUT2D eigenvalue weighted by Crippen LogP contribution is -2.06. The molecule has 1 atom stereocenters. The molecule has 3 heteroatoms. The highest BCUT2D eigenvalue weighted by Crippen LogP contribution is 2.17. The Kier molecular flexibility index (Phi) is 2.52. The average Bonchev–Trinajstić information content (AvgIpc) is 2.30. The van der Waals surface area contributed by atoms with E-state index in [2.05, 4.69) is 23.8 Å². The SMILES string of the molecule is Cc1[nH]c(C(C)N)nc1C(C)C. The fraction of sp³-hybridized carbons (Fsp3) is 0.667. The number of H-pyrrole nitrogens is 1. The van der Waals surface area contributed by atoms with Crippen LogP contribution in [-0.4, -0.2) is 9.97 Å². The molecule has 1 aromatic heterocycles. The Morgan fingerprint density at radius 1 is 1.33 bits per heavy atom. The second-order valence-electron chi connectivity index (χ2n) is 3.58. The molecule has 0 amide bonds. The second kappa shape index (κ2) is 3.27. The van der Waals surface area contributed by atoms with Gasteiger partial charge in [-0.3, -0.25) is 0 Å². The summed E-state index contributed by atoms with van der Waals surface area (Å²) < 4.78 is 0. The van der Waals surface area contributed by atoms with E-state index in [0.717, 1.165) is 17.2 Å². The summed E-state index contributed by atoms with van der Waals surface area (Å²) >= 11 is 0. The maximum Gasteiger partial charge on any atom is 0.123 e. The van der Waals surface area contributed by atoms with Crippen LogP contribution in [0.3, 0.4) is 0 Å². The number of aromatic nitrogens is 2. The van der Waals surface area contributed by atoms with Crippen molar-refractivity contribution in [1.29, 1.82) is 0 Å². The molecule has 1 rings (SSSR count). The van der Waals surface area contributed by atoms with Gasteiger partial charge < -0.3 is 10.7 Å². The van der Waals surface area contributed by atoms with Crippen LogP contribution in [0.15, 0.2) is 0 Å². The van der Waals surface area contributed by atoms with Crippen LogP contribution in [0.25, 0.3) is 0 Å². The summed E-state index contributed by atoms with van der Waals surface area (Å²) in [5, 5.41) is 0. The molecule has 1 unspecified atom stereocenters. The van der Waals surface area contributed by atoms with Gasteiger partial charge in [0.25, 0.3) is 0 Å². The van der Waals surface area contributed by atoms with Gasteiger partial charge in [-0.25, -0.2) is 4.98 Å². The van der Waals surface area contributed by atoms with Crippen molar-refractivity contribution in [2.24, 2.45) is 5.73 Å². The normalized spacial score (nSPS) is 13.8. The molecule has 1 heterocycles. The van der Waals surface area contributed by atoms with Crippen molar-refractivity contribution >= 4 is 0 Å². The Bertz CT molecular complexity index is 261. The van der Waals surface area contributed by atoms with E-state index in [9.17, 15) is 0 Å². The zero-order valence-corrected chi connectivity index (χ0v) is 8.18. The Morgan fingerprint density at radius 2 is 1.92 bits per heavy atom. The lowest BCUT2D eigenvalue weighted by atomic mass is 10.1. The highest BCUT2D eigenvalue weighted by Gasteiger charge is 2.11. The maximum atomic E-state index is 5.70. The molecule has 0 saturated carbocycles. The summed E-state index contributed by atoms with van der Waals surface area (Å²) in [6.45, 7) is 8.23. The van der Waals surface area contributed by atoms with E-state index in [4.69, 9.17) is 5.73 Å². The Balaban J connectivity index is 3.00. The highest BCUT2D eigenvalue weighted by molar-refractivity contribution is 5.17. The van der Waals surface area contributed by atoms with Crippen molar-refractivity contribution in [3.63, 3.8) is 0 Å². The quantitative estimate of drug-likeness (QED) is 0.706. The largest absolute Gasteiger partial charge is 0.345 e. The molecule has 3 N–H and O–H groups in total. The topological polar surface area (TPSA) is 54.7 Å². The zero-order valence-electron chi connectivity index (χ0n) is 8.18. The van der Waals surface area contributed by atoms with E-state index < -0.39 is 0 Å². The first-order chi connectivity index (χ1) is 5.52. The third-order valence-corrected chi connectivity index (χ3v) is 1.92. The van der Waals surface area contributed by atoms with E-state index in [1.165, 1.54) is 0 Å². The smallest absolute Gasteiger partial charge is 0.123 e. The van der Waals surface area contributed by atoms with Crippen LogP contribution in [0.1, 0.15) is 49.9 Å². The van der Waals surface area contributed by atoms with Crippen LogP contribution in [-0.2, 0) is 0 Å². The molecule has 0 radical (unpaired) electrons. The van der Waals surface area contributed by atoms with E-state index in [0.29, 0.717) is 5.92 Å². The number of hydrogen-bond donors (Lipinski definition) is 2. The van der Waals surface area contributed by atoms with Gasteiger partial charge in [0.15, 0.2) is 0 Å². The number of imidazole rings is 1. The van der Waals surface area contributed by atoms with Crippen molar-refractivity contribution in [3.05, 3.63) is 17.2 Å². The molecule has 68 valence electrons. The molecular weight excluding hydrogens is 150 g/mol. The maximum absolute atomic E-state index is 5.70. The van der Waals surface area contributed by atoms with Gasteiger partial charge in [-0.05, 0) is 19.8 Å². The lowest BCUT2D eigenvalue weighted by Gasteiger charge is -2.00. The summed E-state index contributed by atoms with van der Waals surface area (Å²) in [6, 6.07) is -0.00352. The van der Waals surface area contributed by atoms with Crippen molar-refractivity contribution in [3.8, 4) is 0 Å². The monoisotopic (exact) mass is 167 g/mol. The average molecular weight is 167 g/mol. The molecular formula is C9H17N3. The third kappa shape index (κ3) is 1.67. The van der Waals surface area contributed by atoms with E-state index >= 15 is 0 Å². The molecule has 0 bridgehead atoms. The van der Waals surface area contributed by atoms with Crippen molar-refractivity contribution < 1.29 is 0 Å². The minimum atomic E-state index is -0.00352. The molecule has 1 aromatic rings. The van der Waals surface area contributed by atoms with E-state index in [1.807, 2.05) is 13.8 Å². The van der Waals surface area contributed by atoms with Crippen LogP contribution < -0.4 is 5.73 Å². The number of rotatable bonds is 2. The van der Waals surface area contributed by atoms with Gasteiger partial charge in [0, 0.05) is 5.69 Å². The van der Waals surface area contributed by atoms with Crippen LogP contribution >= 0.6 is 0 Å². The van der Waals surface area contributed by atoms with Gasteiger partial charge in [0.1, 0.15) is 5.82 Å². The van der Waals surface area contributed by atoms with E-state index in [1.54, 1.807) is 0 Å². The van der Waals surface area contributed by atoms with Gasteiger partial charge in [-0.15, -0.1) is 0 Å². The first kappa shape index (κ1) is 9.26. The molecule has 0 saturated heterocycles. The van der Waals surface area contributed by atoms with Gasteiger partial charge >= 0.3 is 0 Å². The Morgan fingerprint density at radius 3 is 2.17 bits per heavy atom. The summed E-state index contributed by atoms with van der Waals surface area (Å²) in [7, 11) is 0. The molecule has 0 aromatic carbocycles. The number of hydrogen-bond acceptors (Lipinski definition) is 2. The second-order valence-corrected chi connectivity index (χ2v) is 3.58.